The van der Waals surface area contributed by atoms with Gasteiger partial charge in [-0.1, -0.05) is 12.2 Å². The lowest BCUT2D eigenvalue weighted by molar-refractivity contribution is 0.834. The standard InChI is InChI=1S/C10H16N4S2/c1-16-7-3-2-5-12-10-13-6-4-8(14-10)9(11)15/h4,6H,2-3,5,7H2,1H3,(H2,11,15)(H,12,13,14). The van der Waals surface area contributed by atoms with Crippen LogP contribution < -0.4 is 11.1 Å². The first-order chi connectivity index (χ1) is 7.74. The Morgan fingerprint density at radius 2 is 2.38 bits per heavy atom. The number of nitrogens with two attached hydrogens (primary N) is 1. The van der Waals surface area contributed by atoms with E-state index in [2.05, 4.69) is 21.5 Å². The van der Waals surface area contributed by atoms with Crippen molar-refractivity contribution in [1.82, 2.24) is 9.97 Å². The van der Waals surface area contributed by atoms with Gasteiger partial charge in [0.05, 0.1) is 0 Å². The van der Waals surface area contributed by atoms with Crippen molar-refractivity contribution in [1.29, 1.82) is 0 Å². The van der Waals surface area contributed by atoms with Gasteiger partial charge in [0.1, 0.15) is 10.7 Å². The highest BCUT2D eigenvalue weighted by Crippen LogP contribution is 2.02. The molecule has 0 unspecified atom stereocenters. The number of unbranched alkanes of at least 4 members (excludes halogenated alkanes) is 1. The van der Waals surface area contributed by atoms with Gasteiger partial charge in [-0.3, -0.25) is 0 Å². The summed E-state index contributed by atoms with van der Waals surface area (Å²) in [5.41, 5.74) is 6.10. The first-order valence-electron chi connectivity index (χ1n) is 5.09. The number of rotatable bonds is 7. The van der Waals surface area contributed by atoms with E-state index in [0.717, 1.165) is 13.0 Å². The van der Waals surface area contributed by atoms with Gasteiger partial charge in [-0.15, -0.1) is 0 Å². The summed E-state index contributed by atoms with van der Waals surface area (Å²) in [6.45, 7) is 0.876. The molecule has 1 heterocycles. The van der Waals surface area contributed by atoms with Crippen LogP contribution in [0.5, 0.6) is 0 Å². The Kier molecular flexibility index (Phi) is 6.10. The number of anilines is 1. The molecule has 0 aliphatic heterocycles. The third-order valence-corrected chi connectivity index (χ3v) is 2.87. The zero-order chi connectivity index (χ0) is 11.8. The second-order valence-electron chi connectivity index (χ2n) is 3.26. The monoisotopic (exact) mass is 256 g/mol. The van der Waals surface area contributed by atoms with Crippen molar-refractivity contribution in [3.05, 3.63) is 18.0 Å². The quantitative estimate of drug-likeness (QED) is 0.571. The zero-order valence-corrected chi connectivity index (χ0v) is 10.9. The summed E-state index contributed by atoms with van der Waals surface area (Å²) in [4.78, 5) is 8.59. The van der Waals surface area contributed by atoms with E-state index >= 15 is 0 Å². The van der Waals surface area contributed by atoms with Gasteiger partial charge in [0.15, 0.2) is 0 Å². The second-order valence-corrected chi connectivity index (χ2v) is 4.68. The fourth-order valence-electron chi connectivity index (χ4n) is 1.15. The molecule has 6 heteroatoms. The Balaban J connectivity index is 2.36. The van der Waals surface area contributed by atoms with Crippen molar-refractivity contribution in [2.24, 2.45) is 5.73 Å². The van der Waals surface area contributed by atoms with Crippen molar-refractivity contribution in [3.63, 3.8) is 0 Å². The molecule has 3 N–H and O–H groups in total. The van der Waals surface area contributed by atoms with Crippen LogP contribution >= 0.6 is 24.0 Å². The molecule has 0 radical (unpaired) electrons. The summed E-state index contributed by atoms with van der Waals surface area (Å²) in [6.07, 6.45) is 6.08. The second kappa shape index (κ2) is 7.40. The molecule has 0 bridgehead atoms. The average molecular weight is 256 g/mol. The van der Waals surface area contributed by atoms with Crippen LogP contribution in [0.1, 0.15) is 18.5 Å². The molecule has 0 saturated carbocycles. The Morgan fingerprint density at radius 1 is 1.56 bits per heavy atom. The van der Waals surface area contributed by atoms with Crippen LogP contribution in [0.4, 0.5) is 5.95 Å². The topological polar surface area (TPSA) is 63.8 Å². The van der Waals surface area contributed by atoms with E-state index in [1.54, 1.807) is 12.3 Å². The lowest BCUT2D eigenvalue weighted by atomic mass is 10.3. The first-order valence-corrected chi connectivity index (χ1v) is 6.90. The number of thioether (sulfide) groups is 1. The Bertz CT molecular complexity index is 343. The van der Waals surface area contributed by atoms with E-state index < -0.39 is 0 Å². The van der Waals surface area contributed by atoms with Gasteiger partial charge in [-0.25, -0.2) is 9.97 Å². The molecule has 0 atom stereocenters. The maximum absolute atomic E-state index is 5.49. The average Bonchev–Trinajstić information content (AvgIpc) is 2.29. The van der Waals surface area contributed by atoms with E-state index in [0.29, 0.717) is 16.6 Å². The van der Waals surface area contributed by atoms with Crippen LogP contribution in [-0.2, 0) is 0 Å². The van der Waals surface area contributed by atoms with E-state index in [1.807, 2.05) is 11.8 Å². The Labute approximate surface area is 105 Å². The zero-order valence-electron chi connectivity index (χ0n) is 9.27. The molecule has 4 nitrogen and oxygen atoms in total. The van der Waals surface area contributed by atoms with Crippen molar-refractivity contribution >= 4 is 34.9 Å². The molecule has 1 aromatic heterocycles. The number of hydrogen-bond acceptors (Lipinski definition) is 5. The number of thiocarbonyl (C=S) groups is 1. The summed E-state index contributed by atoms with van der Waals surface area (Å²) in [6, 6.07) is 1.71. The van der Waals surface area contributed by atoms with Crippen molar-refractivity contribution < 1.29 is 0 Å². The van der Waals surface area contributed by atoms with E-state index in [9.17, 15) is 0 Å². The van der Waals surface area contributed by atoms with Crippen molar-refractivity contribution in [2.45, 2.75) is 12.8 Å². The van der Waals surface area contributed by atoms with Crippen LogP contribution in [-0.4, -0.2) is 33.5 Å². The SMILES string of the molecule is CSCCCCNc1nccc(C(N)=S)n1. The molecule has 0 spiro atoms. The number of nitrogens with zero attached hydrogens (tertiary/aromatic N) is 2. The van der Waals surface area contributed by atoms with Gasteiger partial charge < -0.3 is 11.1 Å². The molecule has 0 aliphatic rings. The van der Waals surface area contributed by atoms with E-state index in [-0.39, 0.29) is 0 Å². The summed E-state index contributed by atoms with van der Waals surface area (Å²) in [5.74, 6) is 1.78. The molecule has 0 fully saturated rings. The van der Waals surface area contributed by atoms with Crippen molar-refractivity contribution in [2.75, 3.05) is 23.9 Å². The molecular weight excluding hydrogens is 240 g/mol. The predicted octanol–water partition coefficient (Wildman–Crippen LogP) is 1.67. The normalized spacial score (nSPS) is 10.1. The number of hydrogen-bond donors (Lipinski definition) is 2. The minimum Gasteiger partial charge on any atom is -0.388 e. The summed E-state index contributed by atoms with van der Waals surface area (Å²) in [5, 5.41) is 3.15. The van der Waals surface area contributed by atoms with Crippen LogP contribution in [0.3, 0.4) is 0 Å². The first kappa shape index (κ1) is 13.2. The Morgan fingerprint density at radius 3 is 3.06 bits per heavy atom. The lowest BCUT2D eigenvalue weighted by Crippen LogP contribution is -2.14. The molecule has 0 aliphatic carbocycles. The summed E-state index contributed by atoms with van der Waals surface area (Å²) >= 11 is 6.71. The largest absolute Gasteiger partial charge is 0.388 e. The molecule has 88 valence electrons. The highest BCUT2D eigenvalue weighted by atomic mass is 32.2. The third-order valence-electron chi connectivity index (χ3n) is 1.97. The highest BCUT2D eigenvalue weighted by Gasteiger charge is 2.00. The minimum absolute atomic E-state index is 0.299. The summed E-state index contributed by atoms with van der Waals surface area (Å²) in [7, 11) is 0. The van der Waals surface area contributed by atoms with Crippen LogP contribution in [0.25, 0.3) is 0 Å². The van der Waals surface area contributed by atoms with E-state index in [1.165, 1.54) is 12.2 Å². The third kappa shape index (κ3) is 4.76. The molecule has 16 heavy (non-hydrogen) atoms. The van der Waals surface area contributed by atoms with E-state index in [4.69, 9.17) is 18.0 Å². The maximum atomic E-state index is 5.49. The van der Waals surface area contributed by atoms with Gasteiger partial charge in [0.2, 0.25) is 5.95 Å². The lowest BCUT2D eigenvalue weighted by Gasteiger charge is -2.05. The van der Waals surface area contributed by atoms with Crippen LogP contribution in [0.15, 0.2) is 12.3 Å². The number of aromatic nitrogens is 2. The van der Waals surface area contributed by atoms with Gasteiger partial charge in [0.25, 0.3) is 0 Å². The molecule has 0 saturated heterocycles. The number of nitrogens with one attached hydrogen (secondary N) is 1. The van der Waals surface area contributed by atoms with Crippen LogP contribution in [0.2, 0.25) is 0 Å². The van der Waals surface area contributed by atoms with Gasteiger partial charge in [0, 0.05) is 12.7 Å². The maximum Gasteiger partial charge on any atom is 0.223 e. The van der Waals surface area contributed by atoms with Gasteiger partial charge >= 0.3 is 0 Å². The molecule has 1 aromatic rings. The fourth-order valence-corrected chi connectivity index (χ4v) is 1.76. The predicted molar refractivity (Wildman–Crippen MR) is 74.0 cm³/mol. The summed E-state index contributed by atoms with van der Waals surface area (Å²) < 4.78 is 0. The smallest absolute Gasteiger partial charge is 0.223 e. The molecule has 0 aromatic carbocycles. The molecular formula is C10H16N4S2. The fraction of sp³-hybridized carbons (Fsp3) is 0.500. The minimum atomic E-state index is 0.299. The molecule has 1 rings (SSSR count). The van der Waals surface area contributed by atoms with Gasteiger partial charge in [-0.2, -0.15) is 11.8 Å². The van der Waals surface area contributed by atoms with Crippen molar-refractivity contribution in [3.8, 4) is 0 Å². The van der Waals surface area contributed by atoms with Gasteiger partial charge in [-0.05, 0) is 30.9 Å². The Hall–Kier alpha value is -0.880. The highest BCUT2D eigenvalue weighted by molar-refractivity contribution is 7.98. The van der Waals surface area contributed by atoms with Crippen LogP contribution in [0, 0.1) is 0 Å². The molecule has 0 amide bonds.